The summed E-state index contributed by atoms with van der Waals surface area (Å²) >= 11 is 6.10. The quantitative estimate of drug-likeness (QED) is 0.689. The highest BCUT2D eigenvalue weighted by molar-refractivity contribution is 6.31. The van der Waals surface area contributed by atoms with Gasteiger partial charge in [0, 0.05) is 23.0 Å². The number of ether oxygens (including phenoxy) is 1. The minimum atomic E-state index is -0.467. The Kier molecular flexibility index (Phi) is 3.62. The van der Waals surface area contributed by atoms with Crippen LogP contribution in [0.1, 0.15) is 29.1 Å². The molecule has 4 nitrogen and oxygen atoms in total. The molecule has 21 heavy (non-hydrogen) atoms. The summed E-state index contributed by atoms with van der Waals surface area (Å²) in [4.78, 5) is 16.4. The van der Waals surface area contributed by atoms with Gasteiger partial charge < -0.3 is 9.14 Å². The van der Waals surface area contributed by atoms with Gasteiger partial charge in [-0.25, -0.2) is 9.78 Å². The number of imidazole rings is 1. The number of carbonyl (C=O) groups excluding carboxylic acids is 1. The smallest absolute Gasteiger partial charge is 0.359 e. The van der Waals surface area contributed by atoms with Crippen LogP contribution < -0.4 is 0 Å². The second-order valence-electron chi connectivity index (χ2n) is 4.66. The zero-order valence-corrected chi connectivity index (χ0v) is 12.1. The van der Waals surface area contributed by atoms with Crippen molar-refractivity contribution in [2.24, 2.45) is 0 Å². The molecule has 0 aliphatic rings. The Morgan fingerprint density at radius 2 is 2.00 bits per heavy atom. The van der Waals surface area contributed by atoms with Gasteiger partial charge in [0.15, 0.2) is 5.69 Å². The van der Waals surface area contributed by atoms with Crippen LogP contribution in [0, 0.1) is 0 Å². The molecule has 0 bridgehead atoms. The Labute approximate surface area is 126 Å². The Morgan fingerprint density at radius 3 is 2.76 bits per heavy atom. The number of aromatic nitrogens is 2. The number of nitrogens with zero attached hydrogens (tertiary/aromatic N) is 2. The average Bonchev–Trinajstić information content (AvgIpc) is 2.91. The molecule has 0 radical (unpaired) electrons. The molecule has 0 spiro atoms. The van der Waals surface area contributed by atoms with Crippen LogP contribution in [-0.2, 0) is 4.74 Å². The molecule has 0 N–H and O–H groups in total. The first-order chi connectivity index (χ1) is 10.1. The zero-order chi connectivity index (χ0) is 14.8. The van der Waals surface area contributed by atoms with Gasteiger partial charge in [-0.15, -0.1) is 0 Å². The molecule has 3 aromatic rings. The van der Waals surface area contributed by atoms with E-state index in [0.717, 1.165) is 5.56 Å². The van der Waals surface area contributed by atoms with Crippen LogP contribution in [0.25, 0.3) is 5.65 Å². The maximum absolute atomic E-state index is 12.2. The normalized spacial score (nSPS) is 12.3. The molecular formula is C16H13ClN2O2. The van der Waals surface area contributed by atoms with Crippen LogP contribution >= 0.6 is 11.6 Å². The summed E-state index contributed by atoms with van der Waals surface area (Å²) < 4.78 is 7.21. The lowest BCUT2D eigenvalue weighted by Gasteiger charge is -2.13. The molecule has 0 saturated carbocycles. The minimum Gasteiger partial charge on any atom is -0.453 e. The number of benzene rings is 1. The predicted molar refractivity (Wildman–Crippen MR) is 80.5 cm³/mol. The largest absolute Gasteiger partial charge is 0.453 e. The molecule has 2 heterocycles. The number of hydrogen-bond donors (Lipinski definition) is 0. The summed E-state index contributed by atoms with van der Waals surface area (Å²) in [5, 5.41) is 0.577. The van der Waals surface area contributed by atoms with E-state index in [0.29, 0.717) is 10.7 Å². The van der Waals surface area contributed by atoms with E-state index in [2.05, 4.69) is 4.98 Å². The fourth-order valence-electron chi connectivity index (χ4n) is 2.12. The minimum absolute atomic E-state index is 0.278. The predicted octanol–water partition coefficient (Wildman–Crippen LogP) is 3.91. The number of carbonyl (C=O) groups is 1. The highest BCUT2D eigenvalue weighted by Crippen LogP contribution is 2.25. The van der Waals surface area contributed by atoms with Gasteiger partial charge in [0.25, 0.3) is 0 Å². The second-order valence-corrected chi connectivity index (χ2v) is 5.07. The van der Waals surface area contributed by atoms with E-state index in [9.17, 15) is 4.79 Å². The molecule has 0 unspecified atom stereocenters. The van der Waals surface area contributed by atoms with Crippen LogP contribution in [0.3, 0.4) is 0 Å². The van der Waals surface area contributed by atoms with E-state index in [1.54, 1.807) is 23.6 Å². The molecule has 0 saturated heterocycles. The van der Waals surface area contributed by atoms with E-state index < -0.39 is 12.1 Å². The van der Waals surface area contributed by atoms with Crippen molar-refractivity contribution >= 4 is 23.2 Å². The number of fused-ring (bicyclic) bond motifs is 1. The number of rotatable bonds is 3. The Hall–Kier alpha value is -2.33. The molecule has 3 rings (SSSR count). The molecule has 106 valence electrons. The monoisotopic (exact) mass is 300 g/mol. The van der Waals surface area contributed by atoms with Crippen molar-refractivity contribution in [3.05, 3.63) is 71.1 Å². The van der Waals surface area contributed by atoms with Crippen molar-refractivity contribution in [3.8, 4) is 0 Å². The van der Waals surface area contributed by atoms with Crippen molar-refractivity contribution in [2.75, 3.05) is 0 Å². The molecular weight excluding hydrogens is 288 g/mol. The van der Waals surface area contributed by atoms with Crippen molar-refractivity contribution in [1.29, 1.82) is 0 Å². The Morgan fingerprint density at radius 1 is 1.24 bits per heavy atom. The Bertz CT molecular complexity index is 765. The van der Waals surface area contributed by atoms with Crippen molar-refractivity contribution in [2.45, 2.75) is 13.0 Å². The van der Waals surface area contributed by atoms with Crippen LogP contribution in [0.15, 0.2) is 54.9 Å². The zero-order valence-electron chi connectivity index (χ0n) is 11.4. The molecule has 1 aromatic carbocycles. The van der Waals surface area contributed by atoms with Gasteiger partial charge in [-0.05, 0) is 25.1 Å². The fraction of sp³-hybridized carbons (Fsp3) is 0.125. The maximum Gasteiger partial charge on any atom is 0.359 e. The molecule has 1 atom stereocenters. The third kappa shape index (κ3) is 2.76. The van der Waals surface area contributed by atoms with Gasteiger partial charge in [0.05, 0.1) is 0 Å². The first-order valence-corrected chi connectivity index (χ1v) is 6.92. The first-order valence-electron chi connectivity index (χ1n) is 6.54. The molecule has 0 aliphatic carbocycles. The lowest BCUT2D eigenvalue weighted by molar-refractivity contribution is 0.0332. The van der Waals surface area contributed by atoms with Crippen molar-refractivity contribution in [3.63, 3.8) is 0 Å². The number of halogens is 1. The van der Waals surface area contributed by atoms with Gasteiger partial charge in [-0.3, -0.25) is 0 Å². The van der Waals surface area contributed by atoms with Crippen LogP contribution in [0.5, 0.6) is 0 Å². The molecule has 0 fully saturated rings. The van der Waals surface area contributed by atoms with Crippen molar-refractivity contribution < 1.29 is 9.53 Å². The van der Waals surface area contributed by atoms with Gasteiger partial charge >= 0.3 is 5.97 Å². The van der Waals surface area contributed by atoms with E-state index in [-0.39, 0.29) is 5.69 Å². The number of pyridine rings is 1. The summed E-state index contributed by atoms with van der Waals surface area (Å²) in [5.74, 6) is -0.467. The summed E-state index contributed by atoms with van der Waals surface area (Å²) in [7, 11) is 0. The summed E-state index contributed by atoms with van der Waals surface area (Å²) in [6.45, 7) is 1.79. The van der Waals surface area contributed by atoms with Crippen LogP contribution in [0.2, 0.25) is 5.02 Å². The van der Waals surface area contributed by atoms with Gasteiger partial charge in [-0.1, -0.05) is 35.9 Å². The highest BCUT2D eigenvalue weighted by Gasteiger charge is 2.18. The third-order valence-electron chi connectivity index (χ3n) is 3.20. The first kappa shape index (κ1) is 13.6. The second kappa shape index (κ2) is 5.58. The number of esters is 1. The molecule has 0 amide bonds. The summed E-state index contributed by atoms with van der Waals surface area (Å²) in [6.07, 6.45) is 3.05. The van der Waals surface area contributed by atoms with Gasteiger partial charge in [0.1, 0.15) is 11.8 Å². The standard InChI is InChI=1S/C16H13ClN2O2/c1-11(12-6-2-3-7-13(12)17)21-16(20)14-10-19-9-5-4-8-15(19)18-14/h2-11H,1H3/t11-/m0/s1. The van der Waals surface area contributed by atoms with Crippen LogP contribution in [0.4, 0.5) is 0 Å². The SMILES string of the molecule is C[C@H](OC(=O)c1cn2ccccc2n1)c1ccccc1Cl. The molecule has 2 aromatic heterocycles. The van der Waals surface area contributed by atoms with E-state index in [1.807, 2.05) is 42.6 Å². The summed E-state index contributed by atoms with van der Waals surface area (Å²) in [6, 6.07) is 12.9. The number of hydrogen-bond acceptors (Lipinski definition) is 3. The van der Waals surface area contributed by atoms with Crippen LogP contribution in [-0.4, -0.2) is 15.4 Å². The lowest BCUT2D eigenvalue weighted by atomic mass is 10.1. The topological polar surface area (TPSA) is 43.6 Å². The highest BCUT2D eigenvalue weighted by atomic mass is 35.5. The Balaban J connectivity index is 1.81. The third-order valence-corrected chi connectivity index (χ3v) is 3.54. The van der Waals surface area contributed by atoms with E-state index >= 15 is 0 Å². The van der Waals surface area contributed by atoms with Gasteiger partial charge in [0.2, 0.25) is 0 Å². The van der Waals surface area contributed by atoms with Gasteiger partial charge in [-0.2, -0.15) is 0 Å². The van der Waals surface area contributed by atoms with Crippen molar-refractivity contribution in [1.82, 2.24) is 9.38 Å². The average molecular weight is 301 g/mol. The maximum atomic E-state index is 12.2. The summed E-state index contributed by atoms with van der Waals surface area (Å²) in [5.41, 5.74) is 1.76. The molecule has 5 heteroatoms. The lowest BCUT2D eigenvalue weighted by Crippen LogP contribution is -2.10. The van der Waals surface area contributed by atoms with E-state index in [1.165, 1.54) is 0 Å². The molecule has 0 aliphatic heterocycles. The fourth-order valence-corrected chi connectivity index (χ4v) is 2.41. The van der Waals surface area contributed by atoms with E-state index in [4.69, 9.17) is 16.3 Å².